The van der Waals surface area contributed by atoms with Crippen molar-refractivity contribution in [1.29, 1.82) is 0 Å². The Morgan fingerprint density at radius 3 is 2.65 bits per heavy atom. The summed E-state index contributed by atoms with van der Waals surface area (Å²) in [5.74, 6) is 0.616. The van der Waals surface area contributed by atoms with Crippen molar-refractivity contribution in [3.63, 3.8) is 0 Å². The molecule has 0 saturated carbocycles. The molecule has 1 aromatic rings. The molecular formula is C15H23NO4. The smallest absolute Gasteiger partial charge is 0.251 e. The first kappa shape index (κ1) is 16.5. The van der Waals surface area contributed by atoms with E-state index in [0.717, 1.165) is 11.3 Å². The summed E-state index contributed by atoms with van der Waals surface area (Å²) in [7, 11) is 3.22. The van der Waals surface area contributed by atoms with Crippen LogP contribution in [0.15, 0.2) is 18.2 Å². The normalized spacial score (nSPS) is 12.0. The summed E-state index contributed by atoms with van der Waals surface area (Å²) in [6.45, 7) is 5.28. The first-order valence-corrected chi connectivity index (χ1v) is 6.66. The molecule has 1 amide bonds. The number of nitrogens with one attached hydrogen (secondary N) is 1. The van der Waals surface area contributed by atoms with E-state index < -0.39 is 0 Å². The number of rotatable bonds is 8. The molecule has 1 atom stereocenters. The van der Waals surface area contributed by atoms with Gasteiger partial charge in [0.15, 0.2) is 0 Å². The maximum Gasteiger partial charge on any atom is 0.251 e. The molecule has 0 aliphatic carbocycles. The van der Waals surface area contributed by atoms with Gasteiger partial charge in [-0.25, -0.2) is 0 Å². The summed E-state index contributed by atoms with van der Waals surface area (Å²) in [5, 5.41) is 2.87. The molecule has 0 radical (unpaired) electrons. The highest BCUT2D eigenvalue weighted by molar-refractivity contribution is 5.94. The summed E-state index contributed by atoms with van der Waals surface area (Å²) in [6, 6.07) is 5.31. The largest absolute Gasteiger partial charge is 0.494 e. The van der Waals surface area contributed by atoms with Gasteiger partial charge in [-0.05, 0) is 32.0 Å². The summed E-state index contributed by atoms with van der Waals surface area (Å²) in [6.07, 6.45) is 0. The fraction of sp³-hybridized carbons (Fsp3) is 0.533. The number of amides is 1. The van der Waals surface area contributed by atoms with Gasteiger partial charge in [-0.15, -0.1) is 0 Å². The molecule has 0 fully saturated rings. The van der Waals surface area contributed by atoms with E-state index in [0.29, 0.717) is 25.4 Å². The van der Waals surface area contributed by atoms with Crippen LogP contribution in [-0.2, 0) is 16.1 Å². The van der Waals surface area contributed by atoms with Gasteiger partial charge in [0.1, 0.15) is 5.75 Å². The minimum Gasteiger partial charge on any atom is -0.494 e. The van der Waals surface area contributed by atoms with E-state index in [2.05, 4.69) is 5.32 Å². The summed E-state index contributed by atoms with van der Waals surface area (Å²) < 4.78 is 15.6. The Morgan fingerprint density at radius 1 is 1.30 bits per heavy atom. The molecule has 0 bridgehead atoms. The highest BCUT2D eigenvalue weighted by Gasteiger charge is 2.12. The Balaban J connectivity index is 2.84. The Morgan fingerprint density at radius 2 is 2.05 bits per heavy atom. The van der Waals surface area contributed by atoms with Gasteiger partial charge in [0.2, 0.25) is 0 Å². The van der Waals surface area contributed by atoms with Crippen LogP contribution in [-0.4, -0.2) is 39.4 Å². The van der Waals surface area contributed by atoms with Crippen molar-refractivity contribution in [3.8, 4) is 5.75 Å². The van der Waals surface area contributed by atoms with Gasteiger partial charge in [0.05, 0.1) is 19.8 Å². The molecule has 0 aromatic heterocycles. The highest BCUT2D eigenvalue weighted by atomic mass is 16.5. The van der Waals surface area contributed by atoms with Crippen molar-refractivity contribution in [2.75, 3.05) is 27.4 Å². The average molecular weight is 281 g/mol. The quantitative estimate of drug-likeness (QED) is 0.792. The number of ether oxygens (including phenoxy) is 3. The lowest BCUT2D eigenvalue weighted by atomic mass is 10.1. The fourth-order valence-corrected chi connectivity index (χ4v) is 1.88. The highest BCUT2D eigenvalue weighted by Crippen LogP contribution is 2.21. The van der Waals surface area contributed by atoms with Crippen molar-refractivity contribution >= 4 is 5.91 Å². The molecule has 0 heterocycles. The number of benzene rings is 1. The van der Waals surface area contributed by atoms with Crippen LogP contribution >= 0.6 is 0 Å². The lowest BCUT2D eigenvalue weighted by molar-refractivity contribution is 0.0905. The molecule has 5 heteroatoms. The summed E-state index contributed by atoms with van der Waals surface area (Å²) >= 11 is 0. The maximum atomic E-state index is 12.1. The summed E-state index contributed by atoms with van der Waals surface area (Å²) in [5.41, 5.74) is 1.45. The molecule has 0 aliphatic heterocycles. The number of carbonyl (C=O) groups excluding carboxylic acids is 1. The Kier molecular flexibility index (Phi) is 7.04. The van der Waals surface area contributed by atoms with E-state index in [9.17, 15) is 4.79 Å². The average Bonchev–Trinajstić information content (AvgIpc) is 2.41. The van der Waals surface area contributed by atoms with E-state index in [1.807, 2.05) is 13.8 Å². The first-order chi connectivity index (χ1) is 9.62. The van der Waals surface area contributed by atoms with Crippen molar-refractivity contribution in [2.45, 2.75) is 26.5 Å². The predicted molar refractivity (Wildman–Crippen MR) is 77.1 cm³/mol. The third-order valence-corrected chi connectivity index (χ3v) is 2.72. The van der Waals surface area contributed by atoms with E-state index in [-0.39, 0.29) is 11.9 Å². The van der Waals surface area contributed by atoms with Crippen molar-refractivity contribution < 1.29 is 19.0 Å². The summed E-state index contributed by atoms with van der Waals surface area (Å²) in [4.78, 5) is 12.1. The van der Waals surface area contributed by atoms with E-state index in [4.69, 9.17) is 14.2 Å². The van der Waals surface area contributed by atoms with Crippen molar-refractivity contribution in [1.82, 2.24) is 5.32 Å². The van der Waals surface area contributed by atoms with Crippen molar-refractivity contribution in [2.24, 2.45) is 0 Å². The zero-order chi connectivity index (χ0) is 15.0. The van der Waals surface area contributed by atoms with Gasteiger partial charge < -0.3 is 19.5 Å². The second kappa shape index (κ2) is 8.55. The Bertz CT molecular complexity index is 434. The molecule has 5 nitrogen and oxygen atoms in total. The van der Waals surface area contributed by atoms with Crippen LogP contribution in [0, 0.1) is 0 Å². The van der Waals surface area contributed by atoms with Crippen LogP contribution in [0.3, 0.4) is 0 Å². The van der Waals surface area contributed by atoms with Crippen LogP contribution in [0.25, 0.3) is 0 Å². The molecular weight excluding hydrogens is 258 g/mol. The van der Waals surface area contributed by atoms with Gasteiger partial charge in [-0.3, -0.25) is 4.79 Å². The van der Waals surface area contributed by atoms with E-state index in [1.54, 1.807) is 32.4 Å². The van der Waals surface area contributed by atoms with E-state index >= 15 is 0 Å². The molecule has 0 unspecified atom stereocenters. The molecule has 112 valence electrons. The zero-order valence-electron chi connectivity index (χ0n) is 12.6. The number of hydrogen-bond donors (Lipinski definition) is 1. The number of methoxy groups -OCH3 is 2. The van der Waals surface area contributed by atoms with Crippen LogP contribution in [0.5, 0.6) is 5.75 Å². The lowest BCUT2D eigenvalue weighted by Gasteiger charge is -2.15. The molecule has 0 spiro atoms. The second-order valence-corrected chi connectivity index (χ2v) is 4.52. The first-order valence-electron chi connectivity index (χ1n) is 6.66. The third kappa shape index (κ3) is 4.83. The monoisotopic (exact) mass is 281 g/mol. The number of hydrogen-bond acceptors (Lipinski definition) is 4. The Hall–Kier alpha value is -1.59. The lowest BCUT2D eigenvalue weighted by Crippen LogP contribution is -2.35. The molecule has 1 aromatic carbocycles. The second-order valence-electron chi connectivity index (χ2n) is 4.52. The Labute approximate surface area is 120 Å². The standard InChI is InChI=1S/C15H23NO4/c1-5-20-14-7-6-12(8-13(14)10-19-4)15(17)16-11(2)9-18-3/h6-8,11H,5,9-10H2,1-4H3,(H,16,17)/t11-/m1/s1. The zero-order valence-corrected chi connectivity index (χ0v) is 12.6. The number of carbonyl (C=O) groups is 1. The van der Waals surface area contributed by atoms with Crippen molar-refractivity contribution in [3.05, 3.63) is 29.3 Å². The van der Waals surface area contributed by atoms with Gasteiger partial charge in [-0.1, -0.05) is 0 Å². The van der Waals surface area contributed by atoms with Gasteiger partial charge in [0, 0.05) is 31.4 Å². The maximum absolute atomic E-state index is 12.1. The topological polar surface area (TPSA) is 56.8 Å². The van der Waals surface area contributed by atoms with Gasteiger partial charge in [-0.2, -0.15) is 0 Å². The van der Waals surface area contributed by atoms with Crippen LogP contribution < -0.4 is 10.1 Å². The molecule has 1 N–H and O–H groups in total. The minimum absolute atomic E-state index is 0.0371. The molecule has 0 aliphatic rings. The molecule has 1 rings (SSSR count). The van der Waals surface area contributed by atoms with Gasteiger partial charge in [0.25, 0.3) is 5.91 Å². The van der Waals surface area contributed by atoms with Gasteiger partial charge >= 0.3 is 0 Å². The van der Waals surface area contributed by atoms with E-state index in [1.165, 1.54) is 0 Å². The van der Waals surface area contributed by atoms with Crippen LogP contribution in [0.1, 0.15) is 29.8 Å². The fourth-order valence-electron chi connectivity index (χ4n) is 1.88. The predicted octanol–water partition coefficient (Wildman–Crippen LogP) is 2.00. The minimum atomic E-state index is -0.130. The van der Waals surface area contributed by atoms with Crippen LogP contribution in [0.4, 0.5) is 0 Å². The SMILES string of the molecule is CCOc1ccc(C(=O)N[C@H](C)COC)cc1COC. The van der Waals surface area contributed by atoms with Crippen LogP contribution in [0.2, 0.25) is 0 Å². The molecule has 0 saturated heterocycles. The third-order valence-electron chi connectivity index (χ3n) is 2.72. The molecule has 20 heavy (non-hydrogen) atoms.